The van der Waals surface area contributed by atoms with E-state index in [1.54, 1.807) is 0 Å². The number of carbonyl (C=O) groups excluding carboxylic acids is 1. The zero-order chi connectivity index (χ0) is 15.9. The van der Waals surface area contributed by atoms with E-state index in [0.29, 0.717) is 13.2 Å². The highest BCUT2D eigenvalue weighted by Gasteiger charge is 2.27. The molecular formula is C19H22N2O2. The molecule has 0 aliphatic carbocycles. The lowest BCUT2D eigenvalue weighted by Gasteiger charge is -2.35. The first-order chi connectivity index (χ1) is 11.3. The number of ether oxygens (including phenoxy) is 1. The van der Waals surface area contributed by atoms with E-state index in [-0.39, 0.29) is 12.1 Å². The zero-order valence-corrected chi connectivity index (χ0v) is 13.2. The summed E-state index contributed by atoms with van der Waals surface area (Å²) in [6.07, 6.45) is 0.616. The van der Waals surface area contributed by atoms with E-state index >= 15 is 0 Å². The number of carbonyl (C=O) groups is 1. The van der Waals surface area contributed by atoms with Crippen LogP contribution in [-0.2, 0) is 17.8 Å². The van der Waals surface area contributed by atoms with Crippen LogP contribution in [0.3, 0.4) is 0 Å². The van der Waals surface area contributed by atoms with Crippen molar-refractivity contribution in [3.8, 4) is 0 Å². The molecular weight excluding hydrogens is 288 g/mol. The Morgan fingerprint density at radius 3 is 2.39 bits per heavy atom. The molecule has 120 valence electrons. The zero-order valence-electron chi connectivity index (χ0n) is 13.2. The fraction of sp³-hybridized carbons (Fsp3) is 0.316. The van der Waals surface area contributed by atoms with Crippen molar-refractivity contribution in [3.63, 3.8) is 0 Å². The van der Waals surface area contributed by atoms with Gasteiger partial charge in [-0.3, -0.25) is 0 Å². The quantitative estimate of drug-likeness (QED) is 0.944. The summed E-state index contributed by atoms with van der Waals surface area (Å²) in [6, 6.07) is 20.2. The van der Waals surface area contributed by atoms with Crippen molar-refractivity contribution in [2.75, 3.05) is 19.6 Å². The summed E-state index contributed by atoms with van der Waals surface area (Å²) >= 11 is 0. The fourth-order valence-corrected chi connectivity index (χ4v) is 2.87. The molecule has 0 saturated carbocycles. The largest absolute Gasteiger partial charge is 0.445 e. The molecule has 0 bridgehead atoms. The van der Waals surface area contributed by atoms with E-state index in [1.807, 2.05) is 53.4 Å². The second-order valence-corrected chi connectivity index (χ2v) is 5.78. The summed E-state index contributed by atoms with van der Waals surface area (Å²) in [5, 5.41) is 3.36. The summed E-state index contributed by atoms with van der Waals surface area (Å²) in [7, 11) is 0. The third kappa shape index (κ3) is 4.33. The van der Waals surface area contributed by atoms with Gasteiger partial charge < -0.3 is 15.0 Å². The molecule has 1 aliphatic heterocycles. The highest BCUT2D eigenvalue weighted by Crippen LogP contribution is 2.13. The number of amides is 1. The van der Waals surface area contributed by atoms with Gasteiger partial charge in [0.1, 0.15) is 6.61 Å². The monoisotopic (exact) mass is 310 g/mol. The first-order valence-corrected chi connectivity index (χ1v) is 8.05. The van der Waals surface area contributed by atoms with Gasteiger partial charge in [0.2, 0.25) is 0 Å². The van der Waals surface area contributed by atoms with Crippen LogP contribution < -0.4 is 5.32 Å². The highest BCUT2D eigenvalue weighted by atomic mass is 16.6. The second kappa shape index (κ2) is 7.79. The number of hydrogen-bond donors (Lipinski definition) is 1. The van der Waals surface area contributed by atoms with Gasteiger partial charge in [0.25, 0.3) is 0 Å². The highest BCUT2D eigenvalue weighted by molar-refractivity contribution is 5.68. The number of rotatable bonds is 4. The molecule has 0 spiro atoms. The van der Waals surface area contributed by atoms with E-state index in [9.17, 15) is 4.79 Å². The molecule has 3 rings (SSSR count). The van der Waals surface area contributed by atoms with Crippen LogP contribution in [0.2, 0.25) is 0 Å². The minimum atomic E-state index is -0.226. The van der Waals surface area contributed by atoms with E-state index in [2.05, 4.69) is 17.4 Å². The van der Waals surface area contributed by atoms with Crippen molar-refractivity contribution >= 4 is 6.09 Å². The Morgan fingerprint density at radius 1 is 1.04 bits per heavy atom. The molecule has 1 saturated heterocycles. The molecule has 4 nitrogen and oxygen atoms in total. The molecule has 2 aromatic carbocycles. The van der Waals surface area contributed by atoms with Crippen molar-refractivity contribution in [1.29, 1.82) is 0 Å². The predicted molar refractivity (Wildman–Crippen MR) is 90.1 cm³/mol. The van der Waals surface area contributed by atoms with E-state index in [1.165, 1.54) is 5.56 Å². The van der Waals surface area contributed by atoms with Crippen molar-refractivity contribution in [2.24, 2.45) is 0 Å². The SMILES string of the molecule is O=C(OCc1ccccc1)N1CCNCC1Cc1ccccc1. The van der Waals surface area contributed by atoms with Gasteiger partial charge in [-0.1, -0.05) is 60.7 Å². The maximum absolute atomic E-state index is 12.4. The first kappa shape index (κ1) is 15.6. The summed E-state index contributed by atoms with van der Waals surface area (Å²) in [6.45, 7) is 2.62. The Balaban J connectivity index is 1.60. The normalized spacial score (nSPS) is 17.7. The maximum atomic E-state index is 12.4. The van der Waals surface area contributed by atoms with Crippen LogP contribution in [0.15, 0.2) is 60.7 Å². The van der Waals surface area contributed by atoms with Crippen LogP contribution in [0, 0.1) is 0 Å². The average Bonchev–Trinajstić information content (AvgIpc) is 2.62. The smallest absolute Gasteiger partial charge is 0.410 e. The Bertz CT molecular complexity index is 616. The summed E-state index contributed by atoms with van der Waals surface area (Å²) < 4.78 is 5.49. The van der Waals surface area contributed by atoms with Gasteiger partial charge in [0.05, 0.1) is 6.04 Å². The first-order valence-electron chi connectivity index (χ1n) is 8.05. The summed E-state index contributed by atoms with van der Waals surface area (Å²) in [5.74, 6) is 0. The lowest BCUT2D eigenvalue weighted by molar-refractivity contribution is 0.0722. The Morgan fingerprint density at radius 2 is 1.70 bits per heavy atom. The molecule has 23 heavy (non-hydrogen) atoms. The molecule has 4 heteroatoms. The van der Waals surface area contributed by atoms with Crippen LogP contribution in [0.4, 0.5) is 4.79 Å². The molecule has 1 aliphatic rings. The number of benzene rings is 2. The molecule has 1 heterocycles. The van der Waals surface area contributed by atoms with Crippen molar-refractivity contribution in [2.45, 2.75) is 19.1 Å². The average molecular weight is 310 g/mol. The van der Waals surface area contributed by atoms with Crippen LogP contribution in [-0.4, -0.2) is 36.7 Å². The topological polar surface area (TPSA) is 41.6 Å². The standard InChI is InChI=1S/C19H22N2O2/c22-19(23-15-17-9-5-2-6-10-17)21-12-11-20-14-18(21)13-16-7-3-1-4-8-16/h1-10,18,20H,11-15H2. The molecule has 1 atom stereocenters. The number of nitrogens with zero attached hydrogens (tertiary/aromatic N) is 1. The van der Waals surface area contributed by atoms with Crippen molar-refractivity contribution in [3.05, 3.63) is 71.8 Å². The van der Waals surface area contributed by atoms with Gasteiger partial charge >= 0.3 is 6.09 Å². The maximum Gasteiger partial charge on any atom is 0.410 e. The van der Waals surface area contributed by atoms with Crippen LogP contribution in [0.25, 0.3) is 0 Å². The van der Waals surface area contributed by atoms with Gasteiger partial charge in [0, 0.05) is 19.6 Å². The van der Waals surface area contributed by atoms with Gasteiger partial charge in [-0.25, -0.2) is 4.79 Å². The van der Waals surface area contributed by atoms with E-state index in [4.69, 9.17) is 4.74 Å². The lowest BCUT2D eigenvalue weighted by Crippen LogP contribution is -2.54. The van der Waals surface area contributed by atoms with Gasteiger partial charge in [-0.15, -0.1) is 0 Å². The molecule has 1 amide bonds. The van der Waals surface area contributed by atoms with Gasteiger partial charge in [0.15, 0.2) is 0 Å². The minimum Gasteiger partial charge on any atom is -0.445 e. The molecule has 0 radical (unpaired) electrons. The van der Waals surface area contributed by atoms with Crippen molar-refractivity contribution in [1.82, 2.24) is 10.2 Å². The van der Waals surface area contributed by atoms with Gasteiger partial charge in [-0.05, 0) is 17.5 Å². The number of hydrogen-bond acceptors (Lipinski definition) is 3. The Labute approximate surface area is 137 Å². The fourth-order valence-electron chi connectivity index (χ4n) is 2.87. The van der Waals surface area contributed by atoms with Crippen molar-refractivity contribution < 1.29 is 9.53 Å². The Hall–Kier alpha value is -2.33. The number of piperazine rings is 1. The number of nitrogens with one attached hydrogen (secondary N) is 1. The second-order valence-electron chi connectivity index (χ2n) is 5.78. The Kier molecular flexibility index (Phi) is 5.27. The summed E-state index contributed by atoms with van der Waals surface area (Å²) in [5.41, 5.74) is 2.25. The third-order valence-electron chi connectivity index (χ3n) is 4.10. The van der Waals surface area contributed by atoms with E-state index in [0.717, 1.165) is 25.1 Å². The molecule has 1 fully saturated rings. The molecule has 1 N–H and O–H groups in total. The van der Waals surface area contributed by atoms with Gasteiger partial charge in [-0.2, -0.15) is 0 Å². The third-order valence-corrected chi connectivity index (χ3v) is 4.10. The molecule has 1 unspecified atom stereocenters. The van der Waals surface area contributed by atoms with Crippen LogP contribution >= 0.6 is 0 Å². The summed E-state index contributed by atoms with van der Waals surface area (Å²) in [4.78, 5) is 14.3. The van der Waals surface area contributed by atoms with E-state index < -0.39 is 0 Å². The lowest BCUT2D eigenvalue weighted by atomic mass is 10.0. The molecule has 0 aromatic heterocycles. The minimum absolute atomic E-state index is 0.134. The molecule has 2 aromatic rings. The van der Waals surface area contributed by atoms with Crippen LogP contribution in [0.1, 0.15) is 11.1 Å². The predicted octanol–water partition coefficient (Wildman–Crippen LogP) is 2.84. The van der Waals surface area contributed by atoms with Crippen LogP contribution in [0.5, 0.6) is 0 Å².